The number of carbonyl (C=O) groups excluding carboxylic acids is 2. The van der Waals surface area contributed by atoms with Gasteiger partial charge >= 0.3 is 0 Å². The minimum Gasteiger partial charge on any atom is -0.497 e. The maximum Gasteiger partial charge on any atom is 0.255 e. The minimum atomic E-state index is -0.184. The molecule has 1 aliphatic heterocycles. The van der Waals surface area contributed by atoms with Crippen LogP contribution in [0.1, 0.15) is 35.7 Å². The summed E-state index contributed by atoms with van der Waals surface area (Å²) >= 11 is 0. The van der Waals surface area contributed by atoms with Crippen LogP contribution in [0.5, 0.6) is 5.75 Å². The van der Waals surface area contributed by atoms with Crippen molar-refractivity contribution in [2.24, 2.45) is 0 Å². The van der Waals surface area contributed by atoms with Crippen molar-refractivity contribution < 1.29 is 14.3 Å². The van der Waals surface area contributed by atoms with Crippen molar-refractivity contribution in [2.45, 2.75) is 26.2 Å². The first-order valence-electron chi connectivity index (χ1n) is 8.51. The monoisotopic (exact) mass is 338 g/mol. The smallest absolute Gasteiger partial charge is 0.255 e. The van der Waals surface area contributed by atoms with Gasteiger partial charge in [0.2, 0.25) is 5.91 Å². The lowest BCUT2D eigenvalue weighted by Crippen LogP contribution is -2.34. The Labute approximate surface area is 147 Å². The first-order chi connectivity index (χ1) is 12.1. The van der Waals surface area contributed by atoms with Gasteiger partial charge in [0.15, 0.2) is 0 Å². The van der Waals surface area contributed by atoms with E-state index in [1.807, 2.05) is 30.0 Å². The SMILES string of the molecule is CCC(=O)N1CCCc2cc(NC(=O)c3cccc(OC)c3)ccc21. The van der Waals surface area contributed by atoms with Crippen molar-refractivity contribution in [1.82, 2.24) is 0 Å². The number of anilines is 2. The fourth-order valence-corrected chi connectivity index (χ4v) is 3.09. The Morgan fingerprint density at radius 2 is 2.04 bits per heavy atom. The van der Waals surface area contributed by atoms with Gasteiger partial charge in [0.1, 0.15) is 5.75 Å². The first kappa shape index (κ1) is 17.0. The predicted molar refractivity (Wildman–Crippen MR) is 98.4 cm³/mol. The summed E-state index contributed by atoms with van der Waals surface area (Å²) in [6.07, 6.45) is 2.34. The molecule has 1 heterocycles. The van der Waals surface area contributed by atoms with Crippen LogP contribution < -0.4 is 15.0 Å². The van der Waals surface area contributed by atoms with Crippen molar-refractivity contribution in [3.8, 4) is 5.75 Å². The number of amides is 2. The molecule has 0 fully saturated rings. The van der Waals surface area contributed by atoms with Crippen molar-refractivity contribution in [3.05, 3.63) is 53.6 Å². The van der Waals surface area contributed by atoms with Crippen LogP contribution in [-0.2, 0) is 11.2 Å². The van der Waals surface area contributed by atoms with Gasteiger partial charge in [-0.05, 0) is 54.8 Å². The Bertz CT molecular complexity index is 801. The molecular formula is C20H22N2O3. The number of fused-ring (bicyclic) bond motifs is 1. The average Bonchev–Trinajstić information content (AvgIpc) is 2.66. The maximum atomic E-state index is 12.4. The van der Waals surface area contributed by atoms with E-state index in [1.165, 1.54) is 0 Å². The molecule has 2 aromatic carbocycles. The molecule has 0 aliphatic carbocycles. The largest absolute Gasteiger partial charge is 0.497 e. The molecule has 1 N–H and O–H groups in total. The zero-order valence-electron chi connectivity index (χ0n) is 14.5. The van der Waals surface area contributed by atoms with Gasteiger partial charge in [0.05, 0.1) is 7.11 Å². The number of methoxy groups -OCH3 is 1. The van der Waals surface area contributed by atoms with Crippen LogP contribution in [0.2, 0.25) is 0 Å². The fraction of sp³-hybridized carbons (Fsp3) is 0.300. The predicted octanol–water partition coefficient (Wildman–Crippen LogP) is 3.64. The number of nitrogens with one attached hydrogen (secondary N) is 1. The molecule has 0 radical (unpaired) electrons. The lowest BCUT2D eigenvalue weighted by atomic mass is 10.0. The van der Waals surface area contributed by atoms with Crippen LogP contribution in [0.15, 0.2) is 42.5 Å². The van der Waals surface area contributed by atoms with Crippen molar-refractivity contribution in [1.29, 1.82) is 0 Å². The third-order valence-electron chi connectivity index (χ3n) is 4.39. The third-order valence-corrected chi connectivity index (χ3v) is 4.39. The molecule has 0 saturated carbocycles. The van der Waals surface area contributed by atoms with Crippen LogP contribution in [0.4, 0.5) is 11.4 Å². The van der Waals surface area contributed by atoms with E-state index in [2.05, 4.69) is 5.32 Å². The van der Waals surface area contributed by atoms with E-state index >= 15 is 0 Å². The van der Waals surface area contributed by atoms with Gasteiger partial charge in [0.25, 0.3) is 5.91 Å². The van der Waals surface area contributed by atoms with E-state index in [0.29, 0.717) is 17.7 Å². The Kier molecular flexibility index (Phi) is 5.03. The fourth-order valence-electron chi connectivity index (χ4n) is 3.09. The second kappa shape index (κ2) is 7.38. The normalized spacial score (nSPS) is 13.1. The van der Waals surface area contributed by atoms with Crippen LogP contribution in [0.3, 0.4) is 0 Å². The van der Waals surface area contributed by atoms with Gasteiger partial charge in [-0.25, -0.2) is 0 Å². The summed E-state index contributed by atoms with van der Waals surface area (Å²) < 4.78 is 5.16. The lowest BCUT2D eigenvalue weighted by molar-refractivity contribution is -0.118. The molecule has 0 saturated heterocycles. The summed E-state index contributed by atoms with van der Waals surface area (Å²) in [5, 5.41) is 2.92. The van der Waals surface area contributed by atoms with Gasteiger partial charge < -0.3 is 15.0 Å². The summed E-state index contributed by atoms with van der Waals surface area (Å²) in [5.41, 5.74) is 3.33. The number of hydrogen-bond acceptors (Lipinski definition) is 3. The second-order valence-electron chi connectivity index (χ2n) is 6.03. The second-order valence-corrected chi connectivity index (χ2v) is 6.03. The quantitative estimate of drug-likeness (QED) is 0.926. The highest BCUT2D eigenvalue weighted by molar-refractivity contribution is 6.05. The summed E-state index contributed by atoms with van der Waals surface area (Å²) in [4.78, 5) is 26.4. The minimum absolute atomic E-state index is 0.133. The van der Waals surface area contributed by atoms with E-state index in [4.69, 9.17) is 4.74 Å². The Morgan fingerprint density at radius 1 is 1.20 bits per heavy atom. The molecule has 0 bridgehead atoms. The number of carbonyl (C=O) groups is 2. The number of aryl methyl sites for hydroxylation is 1. The summed E-state index contributed by atoms with van der Waals surface area (Å²) in [6.45, 7) is 2.63. The maximum absolute atomic E-state index is 12.4. The molecule has 2 aromatic rings. The summed E-state index contributed by atoms with van der Waals surface area (Å²) in [5.74, 6) is 0.595. The molecule has 0 atom stereocenters. The van der Waals surface area contributed by atoms with E-state index < -0.39 is 0 Å². The summed E-state index contributed by atoms with van der Waals surface area (Å²) in [7, 11) is 1.57. The number of ether oxygens (including phenoxy) is 1. The highest BCUT2D eigenvalue weighted by Gasteiger charge is 2.21. The van der Waals surface area contributed by atoms with Crippen LogP contribution in [0.25, 0.3) is 0 Å². The zero-order chi connectivity index (χ0) is 17.8. The lowest BCUT2D eigenvalue weighted by Gasteiger charge is -2.29. The molecule has 3 rings (SSSR count). The first-order valence-corrected chi connectivity index (χ1v) is 8.51. The third kappa shape index (κ3) is 3.65. The zero-order valence-corrected chi connectivity index (χ0v) is 14.5. The van der Waals surface area contributed by atoms with Crippen molar-refractivity contribution in [3.63, 3.8) is 0 Å². The van der Waals surface area contributed by atoms with Gasteiger partial charge in [0, 0.05) is 29.9 Å². The van der Waals surface area contributed by atoms with Crippen LogP contribution in [0, 0.1) is 0 Å². The van der Waals surface area contributed by atoms with Crippen molar-refractivity contribution in [2.75, 3.05) is 23.9 Å². The summed E-state index contributed by atoms with van der Waals surface area (Å²) in [6, 6.07) is 12.8. The standard InChI is InChI=1S/C20H22N2O3/c1-3-19(23)22-11-5-7-14-12-16(9-10-18(14)22)21-20(24)15-6-4-8-17(13-15)25-2/h4,6,8-10,12-13H,3,5,7,11H2,1-2H3,(H,21,24). The Morgan fingerprint density at radius 3 is 2.80 bits per heavy atom. The number of benzene rings is 2. The van der Waals surface area contributed by atoms with Gasteiger partial charge in [-0.1, -0.05) is 13.0 Å². The van der Waals surface area contributed by atoms with E-state index in [9.17, 15) is 9.59 Å². The molecule has 5 heteroatoms. The highest BCUT2D eigenvalue weighted by Crippen LogP contribution is 2.30. The molecule has 2 amide bonds. The molecule has 0 spiro atoms. The highest BCUT2D eigenvalue weighted by atomic mass is 16.5. The number of hydrogen-bond donors (Lipinski definition) is 1. The van der Waals surface area contributed by atoms with Gasteiger partial charge in [-0.3, -0.25) is 9.59 Å². The average molecular weight is 338 g/mol. The molecule has 25 heavy (non-hydrogen) atoms. The van der Waals surface area contributed by atoms with Gasteiger partial charge in [-0.2, -0.15) is 0 Å². The number of rotatable bonds is 4. The molecule has 0 unspecified atom stereocenters. The van der Waals surface area contributed by atoms with Crippen molar-refractivity contribution >= 4 is 23.2 Å². The van der Waals surface area contributed by atoms with Gasteiger partial charge in [-0.15, -0.1) is 0 Å². The topological polar surface area (TPSA) is 58.6 Å². The number of nitrogens with zero attached hydrogens (tertiary/aromatic N) is 1. The van der Waals surface area contributed by atoms with E-state index in [-0.39, 0.29) is 11.8 Å². The Balaban J connectivity index is 1.80. The molecule has 1 aliphatic rings. The molecular weight excluding hydrogens is 316 g/mol. The van der Waals surface area contributed by atoms with E-state index in [0.717, 1.165) is 36.3 Å². The van der Waals surface area contributed by atoms with Crippen LogP contribution >= 0.6 is 0 Å². The van der Waals surface area contributed by atoms with Crippen LogP contribution in [-0.4, -0.2) is 25.5 Å². The molecule has 130 valence electrons. The molecule has 0 aromatic heterocycles. The molecule has 5 nitrogen and oxygen atoms in total. The van der Waals surface area contributed by atoms with E-state index in [1.54, 1.807) is 31.4 Å². The Hall–Kier alpha value is -2.82.